The quantitative estimate of drug-likeness (QED) is 0.656. The van der Waals surface area contributed by atoms with Crippen LogP contribution in [0.25, 0.3) is 0 Å². The predicted molar refractivity (Wildman–Crippen MR) is 67.5 cm³/mol. The van der Waals surface area contributed by atoms with E-state index in [0.29, 0.717) is 0 Å². The van der Waals surface area contributed by atoms with Crippen molar-refractivity contribution in [2.24, 2.45) is 0 Å². The van der Waals surface area contributed by atoms with Crippen LogP contribution in [-0.2, 0) is 0 Å². The van der Waals surface area contributed by atoms with Gasteiger partial charge in [-0.25, -0.2) is 0 Å². The van der Waals surface area contributed by atoms with Crippen LogP contribution in [0, 0.1) is 0 Å². The van der Waals surface area contributed by atoms with Crippen molar-refractivity contribution in [2.45, 2.75) is 26.7 Å². The SMILES string of the molecule is C=CC1=C(C=C)/C(=C(/C)CC)CCS1. The highest BCUT2D eigenvalue weighted by Crippen LogP contribution is 2.36. The summed E-state index contributed by atoms with van der Waals surface area (Å²) in [6.45, 7) is 12.2. The zero-order chi connectivity index (χ0) is 10.6. The number of rotatable bonds is 3. The van der Waals surface area contributed by atoms with Gasteiger partial charge in [-0.15, -0.1) is 11.8 Å². The van der Waals surface area contributed by atoms with Crippen LogP contribution in [0.15, 0.2) is 46.9 Å². The topological polar surface area (TPSA) is 0 Å². The van der Waals surface area contributed by atoms with Crippen molar-refractivity contribution in [1.82, 2.24) is 0 Å². The molecule has 1 rings (SSSR count). The molecular formula is C13H18S. The van der Waals surface area contributed by atoms with Gasteiger partial charge in [0.05, 0.1) is 0 Å². The predicted octanol–water partition coefficient (Wildman–Crippen LogP) is 4.48. The molecule has 0 radical (unpaired) electrons. The fourth-order valence-corrected chi connectivity index (χ4v) is 2.68. The van der Waals surface area contributed by atoms with Crippen LogP contribution in [0.4, 0.5) is 0 Å². The maximum atomic E-state index is 3.90. The molecule has 0 saturated heterocycles. The minimum absolute atomic E-state index is 1.13. The lowest BCUT2D eigenvalue weighted by Crippen LogP contribution is -2.02. The van der Waals surface area contributed by atoms with E-state index in [0.717, 1.165) is 6.42 Å². The summed E-state index contributed by atoms with van der Waals surface area (Å²) in [5.41, 5.74) is 4.27. The second-order valence-electron chi connectivity index (χ2n) is 3.40. The smallest absolute Gasteiger partial charge is 0.0141 e. The van der Waals surface area contributed by atoms with Crippen molar-refractivity contribution in [1.29, 1.82) is 0 Å². The molecule has 1 aliphatic heterocycles. The van der Waals surface area contributed by atoms with Gasteiger partial charge in [0.15, 0.2) is 0 Å². The van der Waals surface area contributed by atoms with Crippen LogP contribution < -0.4 is 0 Å². The van der Waals surface area contributed by atoms with Crippen LogP contribution in [0.3, 0.4) is 0 Å². The summed E-state index contributed by atoms with van der Waals surface area (Å²) < 4.78 is 0. The van der Waals surface area contributed by atoms with Crippen molar-refractivity contribution < 1.29 is 0 Å². The highest BCUT2D eigenvalue weighted by atomic mass is 32.2. The van der Waals surface area contributed by atoms with Crippen molar-refractivity contribution in [3.8, 4) is 0 Å². The first-order valence-electron chi connectivity index (χ1n) is 5.05. The Balaban J connectivity index is 3.20. The van der Waals surface area contributed by atoms with Crippen LogP contribution in [0.1, 0.15) is 26.7 Å². The van der Waals surface area contributed by atoms with Crippen molar-refractivity contribution in [2.75, 3.05) is 5.75 Å². The molecule has 0 aromatic carbocycles. The average molecular weight is 206 g/mol. The fraction of sp³-hybridized carbons (Fsp3) is 0.385. The number of hydrogen-bond donors (Lipinski definition) is 0. The summed E-state index contributed by atoms with van der Waals surface area (Å²) in [5.74, 6) is 1.17. The molecule has 0 aromatic rings. The van der Waals surface area contributed by atoms with Gasteiger partial charge in [0.2, 0.25) is 0 Å². The van der Waals surface area contributed by atoms with Gasteiger partial charge < -0.3 is 0 Å². The van der Waals surface area contributed by atoms with Gasteiger partial charge in [0, 0.05) is 10.7 Å². The van der Waals surface area contributed by atoms with Gasteiger partial charge in [0.1, 0.15) is 0 Å². The zero-order valence-corrected chi connectivity index (χ0v) is 9.91. The van der Waals surface area contributed by atoms with E-state index in [9.17, 15) is 0 Å². The molecule has 0 spiro atoms. The Hall–Kier alpha value is -0.690. The molecule has 0 N–H and O–H groups in total. The molecule has 1 heteroatoms. The first-order valence-corrected chi connectivity index (χ1v) is 6.04. The van der Waals surface area contributed by atoms with Gasteiger partial charge in [-0.1, -0.05) is 37.8 Å². The third kappa shape index (κ3) is 2.21. The van der Waals surface area contributed by atoms with Crippen molar-refractivity contribution >= 4 is 11.8 Å². The molecule has 0 aliphatic carbocycles. The summed E-state index contributed by atoms with van der Waals surface area (Å²) in [6, 6.07) is 0. The molecule has 1 heterocycles. The Labute approximate surface area is 91.5 Å². The second-order valence-corrected chi connectivity index (χ2v) is 4.53. The summed E-state index contributed by atoms with van der Waals surface area (Å²) in [7, 11) is 0. The summed E-state index contributed by atoms with van der Waals surface area (Å²) in [4.78, 5) is 1.29. The lowest BCUT2D eigenvalue weighted by atomic mass is 9.96. The van der Waals surface area contributed by atoms with Gasteiger partial charge in [-0.2, -0.15) is 0 Å². The Kier molecular flexibility index (Phi) is 4.27. The van der Waals surface area contributed by atoms with Gasteiger partial charge >= 0.3 is 0 Å². The van der Waals surface area contributed by atoms with E-state index >= 15 is 0 Å². The van der Waals surface area contributed by atoms with Gasteiger partial charge in [-0.05, 0) is 30.9 Å². The molecule has 0 nitrogen and oxygen atoms in total. The average Bonchev–Trinajstić information content (AvgIpc) is 2.26. The van der Waals surface area contributed by atoms with E-state index < -0.39 is 0 Å². The zero-order valence-electron chi connectivity index (χ0n) is 9.10. The Morgan fingerprint density at radius 3 is 2.64 bits per heavy atom. The standard InChI is InChI=1S/C13H18S/c1-5-10(4)12-8-9-14-13(7-3)11(12)6-2/h6-7H,2-3,5,8-9H2,1,4H3/b12-10-. The summed E-state index contributed by atoms with van der Waals surface area (Å²) in [5, 5.41) is 0. The van der Waals surface area contributed by atoms with E-state index in [4.69, 9.17) is 0 Å². The molecule has 14 heavy (non-hydrogen) atoms. The Bertz CT molecular complexity index is 305. The third-order valence-corrected chi connectivity index (χ3v) is 3.74. The molecule has 1 aliphatic rings. The monoisotopic (exact) mass is 206 g/mol. The maximum absolute atomic E-state index is 3.90. The van der Waals surface area contributed by atoms with E-state index in [1.165, 1.54) is 33.8 Å². The normalized spacial score (nSPS) is 20.7. The van der Waals surface area contributed by atoms with Crippen LogP contribution in [-0.4, -0.2) is 5.75 Å². The number of thioether (sulfide) groups is 1. The molecular weight excluding hydrogens is 188 g/mol. The molecule has 0 bridgehead atoms. The van der Waals surface area contributed by atoms with Crippen LogP contribution in [0.2, 0.25) is 0 Å². The molecule has 0 atom stereocenters. The van der Waals surface area contributed by atoms with E-state index in [1.807, 2.05) is 23.9 Å². The highest BCUT2D eigenvalue weighted by molar-refractivity contribution is 8.03. The van der Waals surface area contributed by atoms with Crippen molar-refractivity contribution in [3.05, 3.63) is 46.9 Å². The second kappa shape index (κ2) is 5.26. The van der Waals surface area contributed by atoms with E-state index in [2.05, 4.69) is 27.0 Å². The molecule has 0 aromatic heterocycles. The van der Waals surface area contributed by atoms with Gasteiger partial charge in [-0.3, -0.25) is 0 Å². The summed E-state index contributed by atoms with van der Waals surface area (Å²) >= 11 is 1.88. The maximum Gasteiger partial charge on any atom is 0.0141 e. The minimum Gasteiger partial charge on any atom is -0.125 e. The fourth-order valence-electron chi connectivity index (χ4n) is 1.67. The minimum atomic E-state index is 1.13. The largest absolute Gasteiger partial charge is 0.125 e. The Morgan fingerprint density at radius 2 is 2.14 bits per heavy atom. The first kappa shape index (κ1) is 11.4. The number of allylic oxidation sites excluding steroid dienone is 5. The first-order chi connectivity index (χ1) is 6.74. The lowest BCUT2D eigenvalue weighted by molar-refractivity contribution is 1.00. The molecule has 0 amide bonds. The van der Waals surface area contributed by atoms with Crippen LogP contribution >= 0.6 is 11.8 Å². The lowest BCUT2D eigenvalue weighted by Gasteiger charge is -2.20. The van der Waals surface area contributed by atoms with Gasteiger partial charge in [0.25, 0.3) is 0 Å². The van der Waals surface area contributed by atoms with Crippen LogP contribution in [0.5, 0.6) is 0 Å². The van der Waals surface area contributed by atoms with Crippen molar-refractivity contribution in [3.63, 3.8) is 0 Å². The van der Waals surface area contributed by atoms with E-state index in [1.54, 1.807) is 0 Å². The summed E-state index contributed by atoms with van der Waals surface area (Å²) in [6.07, 6.45) is 6.21. The number of hydrogen-bond acceptors (Lipinski definition) is 1. The van der Waals surface area contributed by atoms with E-state index in [-0.39, 0.29) is 0 Å². The molecule has 0 saturated carbocycles. The molecule has 0 unspecified atom stereocenters. The highest BCUT2D eigenvalue weighted by Gasteiger charge is 2.15. The molecule has 0 fully saturated rings. The third-order valence-electron chi connectivity index (χ3n) is 2.64. The Morgan fingerprint density at radius 1 is 1.43 bits per heavy atom. The molecule has 76 valence electrons.